The van der Waals surface area contributed by atoms with Gasteiger partial charge in [0.1, 0.15) is 0 Å². The van der Waals surface area contributed by atoms with E-state index >= 15 is 0 Å². The van der Waals surface area contributed by atoms with Crippen molar-refractivity contribution in [2.45, 2.75) is 32.2 Å². The molecular formula is C14H17N. The van der Waals surface area contributed by atoms with Crippen molar-refractivity contribution in [1.29, 1.82) is 0 Å². The highest BCUT2D eigenvalue weighted by molar-refractivity contribution is 5.63. The molecule has 3 rings (SSSR count). The average molecular weight is 199 g/mol. The molecule has 1 saturated heterocycles. The summed E-state index contributed by atoms with van der Waals surface area (Å²) in [7, 11) is 0. The van der Waals surface area contributed by atoms with Gasteiger partial charge in [-0.2, -0.15) is 0 Å². The Kier molecular flexibility index (Phi) is 2.05. The Labute approximate surface area is 91.4 Å². The van der Waals surface area contributed by atoms with E-state index in [1.54, 1.807) is 0 Å². The van der Waals surface area contributed by atoms with Crippen LogP contribution in [0, 0.1) is 0 Å². The molecule has 78 valence electrons. The first kappa shape index (κ1) is 9.02. The van der Waals surface area contributed by atoms with Crippen LogP contribution in [0.1, 0.15) is 30.9 Å². The lowest BCUT2D eigenvalue weighted by atomic mass is 10.1. The lowest BCUT2D eigenvalue weighted by molar-refractivity contribution is 0.338. The summed E-state index contributed by atoms with van der Waals surface area (Å²) in [5.74, 6) is 0. The van der Waals surface area contributed by atoms with E-state index in [0.29, 0.717) is 0 Å². The number of allylic oxidation sites excluding steroid dienone is 1. The standard InChI is InChI=1S/C14H17N/c1-11-5-4-8-15(11)14-9-12-6-2-3-7-13(12)10-14/h2-3,6-7,9,11H,4-5,8,10H2,1H3/t11-/m1/s1. The Hall–Kier alpha value is -1.24. The first-order valence-corrected chi connectivity index (χ1v) is 5.90. The number of benzene rings is 1. The molecule has 0 N–H and O–H groups in total. The van der Waals surface area contributed by atoms with Crippen LogP contribution in [0.5, 0.6) is 0 Å². The highest BCUT2D eigenvalue weighted by atomic mass is 15.2. The quantitative estimate of drug-likeness (QED) is 0.672. The van der Waals surface area contributed by atoms with Crippen LogP contribution >= 0.6 is 0 Å². The van der Waals surface area contributed by atoms with Crippen molar-refractivity contribution >= 4 is 6.08 Å². The Morgan fingerprint density at radius 1 is 1.27 bits per heavy atom. The topological polar surface area (TPSA) is 3.24 Å². The van der Waals surface area contributed by atoms with Crippen LogP contribution < -0.4 is 0 Å². The van der Waals surface area contributed by atoms with E-state index < -0.39 is 0 Å². The zero-order valence-electron chi connectivity index (χ0n) is 9.24. The van der Waals surface area contributed by atoms with Gasteiger partial charge in [0.25, 0.3) is 0 Å². The summed E-state index contributed by atoms with van der Waals surface area (Å²) in [6.45, 7) is 3.60. The number of fused-ring (bicyclic) bond motifs is 1. The summed E-state index contributed by atoms with van der Waals surface area (Å²) in [6.07, 6.45) is 6.22. The summed E-state index contributed by atoms with van der Waals surface area (Å²) >= 11 is 0. The van der Waals surface area contributed by atoms with E-state index in [9.17, 15) is 0 Å². The molecule has 1 atom stereocenters. The van der Waals surface area contributed by atoms with Crippen molar-refractivity contribution in [2.75, 3.05) is 6.54 Å². The molecule has 0 saturated carbocycles. The van der Waals surface area contributed by atoms with Gasteiger partial charge in [0.15, 0.2) is 0 Å². The molecule has 1 aliphatic carbocycles. The van der Waals surface area contributed by atoms with Crippen molar-refractivity contribution in [3.05, 3.63) is 41.1 Å². The second-order valence-electron chi connectivity index (χ2n) is 4.70. The van der Waals surface area contributed by atoms with E-state index in [1.807, 2.05) is 0 Å². The van der Waals surface area contributed by atoms with Gasteiger partial charge < -0.3 is 4.90 Å². The largest absolute Gasteiger partial charge is 0.372 e. The third-order valence-corrected chi connectivity index (χ3v) is 3.67. The molecule has 2 aliphatic rings. The van der Waals surface area contributed by atoms with E-state index in [1.165, 1.54) is 36.2 Å². The SMILES string of the molecule is C[C@@H]1CCCN1C1=Cc2ccccc2C1. The van der Waals surface area contributed by atoms with Crippen LogP contribution in [0.15, 0.2) is 30.0 Å². The molecule has 1 aliphatic heterocycles. The molecule has 1 aromatic rings. The Bertz CT molecular complexity index is 406. The number of hydrogen-bond donors (Lipinski definition) is 0. The molecule has 0 spiro atoms. The zero-order valence-corrected chi connectivity index (χ0v) is 9.24. The fraction of sp³-hybridized carbons (Fsp3) is 0.429. The number of hydrogen-bond acceptors (Lipinski definition) is 1. The third kappa shape index (κ3) is 1.46. The first-order valence-electron chi connectivity index (χ1n) is 5.90. The van der Waals surface area contributed by atoms with Crippen LogP contribution in [0.2, 0.25) is 0 Å². The van der Waals surface area contributed by atoms with Crippen LogP contribution in [-0.4, -0.2) is 17.5 Å². The van der Waals surface area contributed by atoms with Gasteiger partial charge in [0.2, 0.25) is 0 Å². The van der Waals surface area contributed by atoms with Crippen LogP contribution in [0.3, 0.4) is 0 Å². The lowest BCUT2D eigenvalue weighted by Crippen LogP contribution is -2.25. The first-order chi connectivity index (χ1) is 7.34. The maximum absolute atomic E-state index is 2.58. The van der Waals surface area contributed by atoms with Crippen LogP contribution in [-0.2, 0) is 6.42 Å². The van der Waals surface area contributed by atoms with E-state index in [4.69, 9.17) is 0 Å². The second kappa shape index (κ2) is 3.41. The minimum absolute atomic E-state index is 0.741. The van der Waals surface area contributed by atoms with Crippen molar-refractivity contribution < 1.29 is 0 Å². The number of rotatable bonds is 1. The second-order valence-corrected chi connectivity index (χ2v) is 4.70. The maximum atomic E-state index is 2.58. The van der Waals surface area contributed by atoms with Crippen molar-refractivity contribution in [1.82, 2.24) is 4.90 Å². The van der Waals surface area contributed by atoms with Crippen molar-refractivity contribution in [3.63, 3.8) is 0 Å². The van der Waals surface area contributed by atoms with Gasteiger partial charge >= 0.3 is 0 Å². The third-order valence-electron chi connectivity index (χ3n) is 3.67. The van der Waals surface area contributed by atoms with Gasteiger partial charge in [0, 0.05) is 24.7 Å². The minimum atomic E-state index is 0.741. The monoisotopic (exact) mass is 199 g/mol. The minimum Gasteiger partial charge on any atom is -0.372 e. The molecule has 1 heterocycles. The number of nitrogens with zero attached hydrogens (tertiary/aromatic N) is 1. The molecule has 0 amide bonds. The average Bonchev–Trinajstić information content (AvgIpc) is 2.82. The van der Waals surface area contributed by atoms with E-state index in [-0.39, 0.29) is 0 Å². The van der Waals surface area contributed by atoms with Gasteiger partial charge in [-0.15, -0.1) is 0 Å². The van der Waals surface area contributed by atoms with E-state index in [0.717, 1.165) is 12.5 Å². The van der Waals surface area contributed by atoms with Gasteiger partial charge in [-0.1, -0.05) is 24.3 Å². The fourth-order valence-corrected chi connectivity index (χ4v) is 2.81. The fourth-order valence-electron chi connectivity index (χ4n) is 2.81. The molecule has 0 aromatic heterocycles. The molecule has 0 radical (unpaired) electrons. The summed E-state index contributed by atoms with van der Waals surface area (Å²) in [6, 6.07) is 9.49. The molecular weight excluding hydrogens is 182 g/mol. The smallest absolute Gasteiger partial charge is 0.0259 e. The van der Waals surface area contributed by atoms with Crippen molar-refractivity contribution in [2.24, 2.45) is 0 Å². The molecule has 1 fully saturated rings. The maximum Gasteiger partial charge on any atom is 0.0259 e. The highest BCUT2D eigenvalue weighted by Crippen LogP contribution is 2.31. The van der Waals surface area contributed by atoms with Gasteiger partial charge in [0.05, 0.1) is 0 Å². The van der Waals surface area contributed by atoms with E-state index in [2.05, 4.69) is 42.2 Å². The Morgan fingerprint density at radius 3 is 2.87 bits per heavy atom. The van der Waals surface area contributed by atoms with Crippen LogP contribution in [0.25, 0.3) is 6.08 Å². The highest BCUT2D eigenvalue weighted by Gasteiger charge is 2.25. The Balaban J connectivity index is 1.87. The molecule has 0 bridgehead atoms. The predicted molar refractivity (Wildman–Crippen MR) is 63.5 cm³/mol. The van der Waals surface area contributed by atoms with Gasteiger partial charge in [-0.25, -0.2) is 0 Å². The zero-order chi connectivity index (χ0) is 10.3. The van der Waals surface area contributed by atoms with Crippen LogP contribution in [0.4, 0.5) is 0 Å². The Morgan fingerprint density at radius 2 is 2.13 bits per heavy atom. The molecule has 1 nitrogen and oxygen atoms in total. The normalized spacial score (nSPS) is 24.2. The summed E-state index contributed by atoms with van der Waals surface area (Å²) in [5.41, 5.74) is 4.44. The molecule has 15 heavy (non-hydrogen) atoms. The molecule has 0 unspecified atom stereocenters. The summed E-state index contributed by atoms with van der Waals surface area (Å²) in [4.78, 5) is 2.58. The van der Waals surface area contributed by atoms with Gasteiger partial charge in [-0.3, -0.25) is 0 Å². The molecule has 1 heteroatoms. The number of likely N-dealkylation sites (tertiary alicyclic amines) is 1. The summed E-state index contributed by atoms with van der Waals surface area (Å²) in [5, 5.41) is 0. The van der Waals surface area contributed by atoms with Gasteiger partial charge in [-0.05, 0) is 37.0 Å². The summed E-state index contributed by atoms with van der Waals surface area (Å²) < 4.78 is 0. The predicted octanol–water partition coefficient (Wildman–Crippen LogP) is 3.07. The molecule has 1 aromatic carbocycles. The van der Waals surface area contributed by atoms with Crippen molar-refractivity contribution in [3.8, 4) is 0 Å². The lowest BCUT2D eigenvalue weighted by Gasteiger charge is -2.24.